The summed E-state index contributed by atoms with van der Waals surface area (Å²) in [6.45, 7) is 1.47. The van der Waals surface area contributed by atoms with E-state index in [-0.39, 0.29) is 11.8 Å². The van der Waals surface area contributed by atoms with E-state index in [9.17, 15) is 9.59 Å². The number of hydrogen-bond acceptors (Lipinski definition) is 3. The van der Waals surface area contributed by atoms with E-state index in [4.69, 9.17) is 5.26 Å². The first kappa shape index (κ1) is 16.0. The summed E-state index contributed by atoms with van der Waals surface area (Å²) in [6.07, 6.45) is 4.86. The van der Waals surface area contributed by atoms with E-state index in [0.29, 0.717) is 37.1 Å². The van der Waals surface area contributed by atoms with Crippen molar-refractivity contribution in [3.63, 3.8) is 0 Å². The smallest absolute Gasteiger partial charge is 0.224 e. The average Bonchev–Trinajstić information content (AvgIpc) is 2.73. The zero-order chi connectivity index (χ0) is 15.8. The van der Waals surface area contributed by atoms with Crippen molar-refractivity contribution in [1.29, 1.82) is 5.26 Å². The predicted molar refractivity (Wildman–Crippen MR) is 84.1 cm³/mol. The summed E-state index contributed by atoms with van der Waals surface area (Å²) in [5.41, 5.74) is 1.26. The number of benzene rings is 1. The van der Waals surface area contributed by atoms with Crippen LogP contribution in [0.3, 0.4) is 0 Å². The number of amides is 2. The summed E-state index contributed by atoms with van der Waals surface area (Å²) in [4.78, 5) is 25.6. The molecular formula is C17H21N3O2. The van der Waals surface area contributed by atoms with E-state index in [0.717, 1.165) is 25.8 Å². The van der Waals surface area contributed by atoms with Gasteiger partial charge in [0.1, 0.15) is 0 Å². The van der Waals surface area contributed by atoms with Gasteiger partial charge in [0.15, 0.2) is 0 Å². The molecule has 2 amide bonds. The highest BCUT2D eigenvalue weighted by Gasteiger charge is 2.16. The van der Waals surface area contributed by atoms with Crippen molar-refractivity contribution in [3.05, 3.63) is 29.8 Å². The van der Waals surface area contributed by atoms with Crippen LogP contribution in [0.15, 0.2) is 24.3 Å². The molecule has 1 saturated heterocycles. The molecule has 1 aliphatic rings. The molecule has 1 fully saturated rings. The van der Waals surface area contributed by atoms with Crippen molar-refractivity contribution < 1.29 is 9.59 Å². The molecule has 0 aromatic heterocycles. The topological polar surface area (TPSA) is 73.2 Å². The highest BCUT2D eigenvalue weighted by Crippen LogP contribution is 2.13. The quantitative estimate of drug-likeness (QED) is 0.908. The number of anilines is 1. The van der Waals surface area contributed by atoms with Crippen LogP contribution in [-0.4, -0.2) is 29.8 Å². The van der Waals surface area contributed by atoms with E-state index in [1.54, 1.807) is 24.3 Å². The zero-order valence-corrected chi connectivity index (χ0v) is 12.7. The van der Waals surface area contributed by atoms with Gasteiger partial charge in [-0.2, -0.15) is 5.26 Å². The van der Waals surface area contributed by atoms with Crippen LogP contribution in [0, 0.1) is 11.3 Å². The number of nitrogens with one attached hydrogen (secondary N) is 1. The molecule has 1 heterocycles. The lowest BCUT2D eigenvalue weighted by molar-refractivity contribution is -0.131. The van der Waals surface area contributed by atoms with Crippen LogP contribution < -0.4 is 5.32 Å². The number of nitriles is 1. The van der Waals surface area contributed by atoms with Crippen LogP contribution in [0.25, 0.3) is 0 Å². The maximum absolute atomic E-state index is 11.9. The van der Waals surface area contributed by atoms with Crippen LogP contribution in [0.2, 0.25) is 0 Å². The van der Waals surface area contributed by atoms with E-state index < -0.39 is 0 Å². The van der Waals surface area contributed by atoms with Crippen molar-refractivity contribution in [3.8, 4) is 6.07 Å². The molecule has 1 aromatic rings. The lowest BCUT2D eigenvalue weighted by atomic mass is 10.2. The van der Waals surface area contributed by atoms with Crippen molar-refractivity contribution >= 4 is 17.5 Å². The standard InChI is InChI=1S/C17H21N3O2/c18-13-14-7-9-15(10-8-14)19-16(21)5-4-12-20-11-3-1-2-6-17(20)22/h7-10H,1-6,11-12H2,(H,19,21). The molecule has 0 spiro atoms. The number of nitrogens with zero attached hydrogens (tertiary/aromatic N) is 2. The molecule has 0 unspecified atom stereocenters. The Balaban J connectivity index is 1.73. The van der Waals surface area contributed by atoms with E-state index in [1.807, 2.05) is 11.0 Å². The minimum absolute atomic E-state index is 0.0630. The van der Waals surface area contributed by atoms with Crippen LogP contribution in [0.1, 0.15) is 44.1 Å². The molecular weight excluding hydrogens is 278 g/mol. The first-order valence-corrected chi connectivity index (χ1v) is 7.77. The molecule has 1 aliphatic heterocycles. The van der Waals surface area contributed by atoms with Crippen molar-refractivity contribution in [2.24, 2.45) is 0 Å². The maximum Gasteiger partial charge on any atom is 0.224 e. The number of carbonyl (C=O) groups is 2. The summed E-state index contributed by atoms with van der Waals surface area (Å²) in [6, 6.07) is 8.82. The molecule has 0 aliphatic carbocycles. The average molecular weight is 299 g/mol. The molecule has 116 valence electrons. The summed E-state index contributed by atoms with van der Waals surface area (Å²) >= 11 is 0. The van der Waals surface area contributed by atoms with Gasteiger partial charge in [-0.15, -0.1) is 0 Å². The predicted octanol–water partition coefficient (Wildman–Crippen LogP) is 2.68. The molecule has 5 heteroatoms. The molecule has 1 N–H and O–H groups in total. The summed E-state index contributed by atoms with van der Waals surface area (Å²) in [7, 11) is 0. The first-order valence-electron chi connectivity index (χ1n) is 7.77. The van der Waals surface area contributed by atoms with Gasteiger partial charge >= 0.3 is 0 Å². The van der Waals surface area contributed by atoms with Crippen LogP contribution in [-0.2, 0) is 9.59 Å². The van der Waals surface area contributed by atoms with Gasteiger partial charge in [0.25, 0.3) is 0 Å². The van der Waals surface area contributed by atoms with Gasteiger partial charge in [0, 0.05) is 31.6 Å². The third-order valence-corrected chi connectivity index (χ3v) is 3.80. The minimum Gasteiger partial charge on any atom is -0.343 e. The Morgan fingerprint density at radius 2 is 2.00 bits per heavy atom. The van der Waals surface area contributed by atoms with E-state index in [2.05, 4.69) is 5.32 Å². The second kappa shape index (κ2) is 8.18. The maximum atomic E-state index is 11.9. The lowest BCUT2D eigenvalue weighted by Gasteiger charge is -2.20. The monoisotopic (exact) mass is 299 g/mol. The summed E-state index contributed by atoms with van der Waals surface area (Å²) in [5.74, 6) is 0.150. The Kier molecular flexibility index (Phi) is 5.96. The molecule has 1 aromatic carbocycles. The third kappa shape index (κ3) is 4.88. The molecule has 22 heavy (non-hydrogen) atoms. The molecule has 0 saturated carbocycles. The molecule has 0 radical (unpaired) electrons. The SMILES string of the molecule is N#Cc1ccc(NC(=O)CCCN2CCCCCC2=O)cc1. The molecule has 0 bridgehead atoms. The van der Waals surface area contributed by atoms with Gasteiger partial charge in [0.05, 0.1) is 11.6 Å². The van der Waals surface area contributed by atoms with Gasteiger partial charge in [0.2, 0.25) is 11.8 Å². The van der Waals surface area contributed by atoms with Gasteiger partial charge in [-0.1, -0.05) is 6.42 Å². The normalized spacial score (nSPS) is 15.0. The Morgan fingerprint density at radius 3 is 2.73 bits per heavy atom. The Hall–Kier alpha value is -2.35. The Bertz CT molecular complexity index is 560. The number of rotatable bonds is 5. The third-order valence-electron chi connectivity index (χ3n) is 3.80. The van der Waals surface area contributed by atoms with Crippen LogP contribution >= 0.6 is 0 Å². The Labute approximate surface area is 130 Å². The second-order valence-electron chi connectivity index (χ2n) is 5.53. The lowest BCUT2D eigenvalue weighted by Crippen LogP contribution is -2.31. The van der Waals surface area contributed by atoms with Gasteiger partial charge < -0.3 is 10.2 Å². The van der Waals surface area contributed by atoms with E-state index >= 15 is 0 Å². The van der Waals surface area contributed by atoms with Crippen LogP contribution in [0.5, 0.6) is 0 Å². The zero-order valence-electron chi connectivity index (χ0n) is 12.7. The summed E-state index contributed by atoms with van der Waals surface area (Å²) in [5, 5.41) is 11.5. The highest BCUT2D eigenvalue weighted by molar-refractivity contribution is 5.90. The minimum atomic E-state index is -0.0630. The van der Waals surface area contributed by atoms with Crippen LogP contribution in [0.4, 0.5) is 5.69 Å². The van der Waals surface area contributed by atoms with Crippen molar-refractivity contribution in [2.75, 3.05) is 18.4 Å². The fraction of sp³-hybridized carbons (Fsp3) is 0.471. The van der Waals surface area contributed by atoms with Gasteiger partial charge in [-0.25, -0.2) is 0 Å². The number of likely N-dealkylation sites (tertiary alicyclic amines) is 1. The van der Waals surface area contributed by atoms with E-state index in [1.165, 1.54) is 0 Å². The summed E-state index contributed by atoms with van der Waals surface area (Å²) < 4.78 is 0. The number of hydrogen-bond donors (Lipinski definition) is 1. The second-order valence-corrected chi connectivity index (χ2v) is 5.53. The fourth-order valence-corrected chi connectivity index (χ4v) is 2.56. The fourth-order valence-electron chi connectivity index (χ4n) is 2.56. The van der Waals surface area contributed by atoms with Gasteiger partial charge in [-0.05, 0) is 43.5 Å². The van der Waals surface area contributed by atoms with Crippen molar-refractivity contribution in [2.45, 2.75) is 38.5 Å². The Morgan fingerprint density at radius 1 is 1.23 bits per heavy atom. The van der Waals surface area contributed by atoms with Gasteiger partial charge in [-0.3, -0.25) is 9.59 Å². The molecule has 2 rings (SSSR count). The van der Waals surface area contributed by atoms with Crippen molar-refractivity contribution in [1.82, 2.24) is 4.90 Å². The largest absolute Gasteiger partial charge is 0.343 e. The number of carbonyl (C=O) groups excluding carboxylic acids is 2. The molecule has 5 nitrogen and oxygen atoms in total. The molecule has 0 atom stereocenters. The highest BCUT2D eigenvalue weighted by atomic mass is 16.2. The first-order chi connectivity index (χ1) is 10.7.